The Morgan fingerprint density at radius 2 is 2.36 bits per heavy atom. The van der Waals surface area contributed by atoms with E-state index < -0.39 is 5.82 Å². The fraction of sp³-hybridized carbons (Fsp3) is 0.125. The Balaban J connectivity index is 2.61. The van der Waals surface area contributed by atoms with Crippen LogP contribution in [-0.4, -0.2) is 14.3 Å². The van der Waals surface area contributed by atoms with Crippen LogP contribution in [0, 0.1) is 17.5 Å². The molecule has 0 atom stereocenters. The molecule has 2 aromatic heterocycles. The lowest BCUT2D eigenvalue weighted by Gasteiger charge is -1.97. The summed E-state index contributed by atoms with van der Waals surface area (Å²) >= 11 is 6.05. The van der Waals surface area contributed by atoms with Gasteiger partial charge in [0.15, 0.2) is 10.6 Å². The van der Waals surface area contributed by atoms with E-state index >= 15 is 0 Å². The monoisotopic (exact) mass is 227 g/mol. The first-order valence-corrected chi connectivity index (χ1v) is 5.03. The summed E-state index contributed by atoms with van der Waals surface area (Å²) in [6.45, 7) is 1.85. The van der Waals surface area contributed by atoms with Gasteiger partial charge in [-0.05, 0) is 36.7 Å². The van der Waals surface area contributed by atoms with Crippen LogP contribution in [0.25, 0.3) is 10.6 Å². The van der Waals surface area contributed by atoms with Crippen molar-refractivity contribution in [2.45, 2.75) is 6.92 Å². The van der Waals surface area contributed by atoms with E-state index in [1.165, 1.54) is 11.5 Å². The van der Waals surface area contributed by atoms with Gasteiger partial charge >= 0.3 is 0 Å². The highest BCUT2D eigenvalue weighted by Gasteiger charge is 2.08. The molecule has 0 radical (unpaired) electrons. The zero-order valence-corrected chi connectivity index (χ0v) is 8.88. The zero-order chi connectivity index (χ0) is 10.1. The minimum Gasteiger partial charge on any atom is -0.327 e. The molecule has 2 aromatic rings. The van der Waals surface area contributed by atoms with Crippen molar-refractivity contribution in [2.75, 3.05) is 0 Å². The lowest BCUT2D eigenvalue weighted by molar-refractivity contribution is 0.617. The van der Waals surface area contributed by atoms with Crippen molar-refractivity contribution < 1.29 is 4.39 Å². The van der Waals surface area contributed by atoms with E-state index in [0.29, 0.717) is 5.69 Å². The average molecular weight is 227 g/mol. The zero-order valence-electron chi connectivity index (χ0n) is 7.24. The van der Waals surface area contributed by atoms with Gasteiger partial charge in [0.25, 0.3) is 0 Å². The second-order valence-electron chi connectivity index (χ2n) is 2.74. The molecule has 2 rings (SSSR count). The van der Waals surface area contributed by atoms with Gasteiger partial charge in [-0.2, -0.15) is 4.37 Å². The van der Waals surface area contributed by atoms with Gasteiger partial charge in [0, 0.05) is 0 Å². The van der Waals surface area contributed by atoms with Gasteiger partial charge in [0.2, 0.25) is 0 Å². The van der Waals surface area contributed by atoms with Crippen LogP contribution in [0.2, 0.25) is 0 Å². The van der Waals surface area contributed by atoms with Gasteiger partial charge in [0.1, 0.15) is 0 Å². The van der Waals surface area contributed by atoms with Crippen LogP contribution in [0.15, 0.2) is 12.3 Å². The van der Waals surface area contributed by atoms with Crippen molar-refractivity contribution in [3.8, 4) is 10.6 Å². The standard InChI is InChI=1S/C8H6FN3S2/c1-4-2-6(14-12-4)7-5(9)3-10-8(13)11-7/h2-3H,1H3,(H,10,11,13). The van der Waals surface area contributed by atoms with Crippen LogP contribution in [0.5, 0.6) is 0 Å². The Labute approximate surface area is 88.8 Å². The smallest absolute Gasteiger partial charge is 0.197 e. The number of halogens is 1. The van der Waals surface area contributed by atoms with E-state index in [4.69, 9.17) is 12.2 Å². The molecule has 0 amide bonds. The molecule has 0 aromatic carbocycles. The maximum Gasteiger partial charge on any atom is 0.197 e. The summed E-state index contributed by atoms with van der Waals surface area (Å²) in [5, 5.41) is 0. The molecule has 0 fully saturated rings. The minimum absolute atomic E-state index is 0.271. The summed E-state index contributed by atoms with van der Waals surface area (Å²) in [6, 6.07) is 1.80. The molecule has 72 valence electrons. The van der Waals surface area contributed by atoms with Gasteiger partial charge in [-0.3, -0.25) is 0 Å². The van der Waals surface area contributed by atoms with E-state index in [1.54, 1.807) is 6.07 Å². The normalized spacial score (nSPS) is 10.4. The first-order chi connectivity index (χ1) is 6.66. The minimum atomic E-state index is -0.415. The van der Waals surface area contributed by atoms with Crippen LogP contribution in [0.4, 0.5) is 4.39 Å². The van der Waals surface area contributed by atoms with Gasteiger partial charge in [-0.25, -0.2) is 9.37 Å². The van der Waals surface area contributed by atoms with Crippen LogP contribution in [0.3, 0.4) is 0 Å². The van der Waals surface area contributed by atoms with Crippen molar-refractivity contribution in [1.82, 2.24) is 14.3 Å². The molecular formula is C8H6FN3S2. The molecule has 0 spiro atoms. The Kier molecular flexibility index (Phi) is 2.39. The highest BCUT2D eigenvalue weighted by atomic mass is 32.1. The van der Waals surface area contributed by atoms with Gasteiger partial charge in [-0.1, -0.05) is 0 Å². The highest BCUT2D eigenvalue weighted by molar-refractivity contribution is 7.71. The fourth-order valence-corrected chi connectivity index (χ4v) is 1.95. The predicted molar refractivity (Wildman–Crippen MR) is 55.2 cm³/mol. The van der Waals surface area contributed by atoms with Crippen LogP contribution >= 0.6 is 23.8 Å². The number of hydrogen-bond donors (Lipinski definition) is 1. The molecule has 0 saturated heterocycles. The second-order valence-corrected chi connectivity index (χ2v) is 3.94. The Morgan fingerprint density at radius 1 is 1.57 bits per heavy atom. The molecule has 0 unspecified atom stereocenters. The Bertz CT molecular complexity index is 517. The molecule has 1 N–H and O–H groups in total. The van der Waals surface area contributed by atoms with Gasteiger partial charge < -0.3 is 4.98 Å². The third-order valence-corrected chi connectivity index (χ3v) is 2.75. The summed E-state index contributed by atoms with van der Waals surface area (Å²) in [7, 11) is 0. The third-order valence-electron chi connectivity index (χ3n) is 1.64. The van der Waals surface area contributed by atoms with Crippen molar-refractivity contribution in [3.05, 3.63) is 28.5 Å². The van der Waals surface area contributed by atoms with Crippen molar-refractivity contribution >= 4 is 23.8 Å². The third kappa shape index (κ3) is 1.71. The molecule has 3 nitrogen and oxygen atoms in total. The van der Waals surface area contributed by atoms with Crippen molar-refractivity contribution in [2.24, 2.45) is 0 Å². The molecule has 14 heavy (non-hydrogen) atoms. The molecule has 6 heteroatoms. The maximum absolute atomic E-state index is 13.3. The Morgan fingerprint density at radius 3 is 3.00 bits per heavy atom. The topological polar surface area (TPSA) is 41.6 Å². The highest BCUT2D eigenvalue weighted by Crippen LogP contribution is 2.24. The van der Waals surface area contributed by atoms with Gasteiger partial charge in [-0.15, -0.1) is 0 Å². The van der Waals surface area contributed by atoms with Crippen LogP contribution in [-0.2, 0) is 0 Å². The molecule has 0 aliphatic heterocycles. The lowest BCUT2D eigenvalue weighted by atomic mass is 10.3. The number of hydrogen-bond acceptors (Lipinski definition) is 4. The average Bonchev–Trinajstić information content (AvgIpc) is 2.56. The number of rotatable bonds is 1. The van der Waals surface area contributed by atoms with Crippen LogP contribution < -0.4 is 0 Å². The largest absolute Gasteiger partial charge is 0.327 e. The SMILES string of the molecule is Cc1cc(-c2[nH]c(=S)ncc2F)sn1. The maximum atomic E-state index is 13.3. The summed E-state index contributed by atoms with van der Waals surface area (Å²) < 4.78 is 17.6. The number of aromatic nitrogens is 3. The summed E-state index contributed by atoms with van der Waals surface area (Å²) in [4.78, 5) is 7.07. The lowest BCUT2D eigenvalue weighted by Crippen LogP contribution is -1.90. The summed E-state index contributed by atoms with van der Waals surface area (Å²) in [6.07, 6.45) is 1.11. The first-order valence-electron chi connectivity index (χ1n) is 3.85. The summed E-state index contributed by atoms with van der Waals surface area (Å²) in [5.41, 5.74) is 1.22. The molecule has 0 bridgehead atoms. The molecule has 0 aliphatic carbocycles. The van der Waals surface area contributed by atoms with Crippen LogP contribution in [0.1, 0.15) is 5.69 Å². The molecule has 0 saturated carbocycles. The van der Waals surface area contributed by atoms with Crippen molar-refractivity contribution in [1.29, 1.82) is 0 Å². The molecule has 0 aliphatic rings. The number of nitrogens with one attached hydrogen (secondary N) is 1. The predicted octanol–water partition coefficient (Wildman–Crippen LogP) is 2.71. The van der Waals surface area contributed by atoms with E-state index in [1.807, 2.05) is 6.92 Å². The Hall–Kier alpha value is -1.14. The number of nitrogens with zero attached hydrogens (tertiary/aromatic N) is 2. The van der Waals surface area contributed by atoms with E-state index in [-0.39, 0.29) is 4.77 Å². The van der Waals surface area contributed by atoms with E-state index in [0.717, 1.165) is 16.8 Å². The van der Waals surface area contributed by atoms with E-state index in [9.17, 15) is 4.39 Å². The fourth-order valence-electron chi connectivity index (χ4n) is 1.04. The first kappa shape index (κ1) is 9.42. The second kappa shape index (κ2) is 3.55. The summed E-state index contributed by atoms with van der Waals surface area (Å²) in [5.74, 6) is -0.415. The number of aryl methyl sites for hydroxylation is 1. The van der Waals surface area contributed by atoms with E-state index in [2.05, 4.69) is 14.3 Å². The quantitative estimate of drug-likeness (QED) is 0.761. The van der Waals surface area contributed by atoms with Gasteiger partial charge in [0.05, 0.1) is 22.5 Å². The van der Waals surface area contributed by atoms with Crippen molar-refractivity contribution in [3.63, 3.8) is 0 Å². The number of H-pyrrole nitrogens is 1. The number of aromatic amines is 1. The molecule has 2 heterocycles. The molecular weight excluding hydrogens is 221 g/mol.